The minimum atomic E-state index is 0.00910. The number of nitrogens with zero attached hydrogens (tertiary/aromatic N) is 1. The summed E-state index contributed by atoms with van der Waals surface area (Å²) in [5.41, 5.74) is 3.12. The van der Waals surface area contributed by atoms with Crippen molar-refractivity contribution in [1.29, 1.82) is 0 Å². The second-order valence-electron chi connectivity index (χ2n) is 5.87. The molecule has 0 radical (unpaired) electrons. The van der Waals surface area contributed by atoms with Crippen LogP contribution in [0, 0.1) is 19.8 Å². The molecule has 3 nitrogen and oxygen atoms in total. The molecule has 0 unspecified atom stereocenters. The van der Waals surface area contributed by atoms with Crippen LogP contribution in [0.3, 0.4) is 0 Å². The van der Waals surface area contributed by atoms with E-state index in [9.17, 15) is 4.79 Å². The molecule has 0 atom stereocenters. The Morgan fingerprint density at radius 3 is 2.41 bits per heavy atom. The van der Waals surface area contributed by atoms with Crippen LogP contribution in [0.1, 0.15) is 30.5 Å². The molecule has 2 rings (SSSR count). The largest absolute Gasteiger partial charge is 0.496 e. The minimum Gasteiger partial charge on any atom is -0.496 e. The summed E-state index contributed by atoms with van der Waals surface area (Å²) in [5.74, 6) is 1.30. The first-order valence-electron chi connectivity index (χ1n) is 7.24. The lowest BCUT2D eigenvalue weighted by Crippen LogP contribution is -2.31. The van der Waals surface area contributed by atoms with E-state index in [4.69, 9.17) is 17.0 Å². The fourth-order valence-corrected chi connectivity index (χ4v) is 3.84. The number of amides is 1. The molecule has 0 saturated carbocycles. The van der Waals surface area contributed by atoms with E-state index in [1.807, 2.05) is 32.1 Å². The number of methoxy groups -OCH3 is 1. The van der Waals surface area contributed by atoms with Gasteiger partial charge in [-0.25, -0.2) is 0 Å². The zero-order valence-corrected chi connectivity index (χ0v) is 15.2. The molecule has 0 aromatic heterocycles. The van der Waals surface area contributed by atoms with Crippen molar-refractivity contribution in [3.8, 4) is 5.75 Å². The van der Waals surface area contributed by atoms with E-state index >= 15 is 0 Å². The summed E-state index contributed by atoms with van der Waals surface area (Å²) in [6.07, 6.45) is 1.92. The highest BCUT2D eigenvalue weighted by Gasteiger charge is 2.32. The molecule has 0 aliphatic carbocycles. The van der Waals surface area contributed by atoms with Crippen molar-refractivity contribution in [2.75, 3.05) is 13.7 Å². The average Bonchev–Trinajstić information content (AvgIpc) is 2.66. The highest BCUT2D eigenvalue weighted by Crippen LogP contribution is 2.34. The highest BCUT2D eigenvalue weighted by molar-refractivity contribution is 8.26. The van der Waals surface area contributed by atoms with E-state index in [0.29, 0.717) is 21.7 Å². The fraction of sp³-hybridized carbons (Fsp3) is 0.412. The number of ether oxygens (including phenoxy) is 1. The lowest BCUT2D eigenvalue weighted by atomic mass is 10.1. The van der Waals surface area contributed by atoms with E-state index < -0.39 is 0 Å². The predicted octanol–water partition coefficient (Wildman–Crippen LogP) is 4.17. The molecule has 1 heterocycles. The summed E-state index contributed by atoms with van der Waals surface area (Å²) in [7, 11) is 1.67. The highest BCUT2D eigenvalue weighted by atomic mass is 32.2. The van der Waals surface area contributed by atoms with Crippen LogP contribution in [0.4, 0.5) is 0 Å². The van der Waals surface area contributed by atoms with Gasteiger partial charge >= 0.3 is 0 Å². The van der Waals surface area contributed by atoms with Gasteiger partial charge in [-0.3, -0.25) is 9.69 Å². The van der Waals surface area contributed by atoms with Crippen molar-refractivity contribution in [3.05, 3.63) is 33.7 Å². The Kier molecular flexibility index (Phi) is 5.29. The van der Waals surface area contributed by atoms with Crippen molar-refractivity contribution in [2.24, 2.45) is 5.92 Å². The van der Waals surface area contributed by atoms with Gasteiger partial charge in [0.05, 0.1) is 12.0 Å². The van der Waals surface area contributed by atoms with Gasteiger partial charge in [0.25, 0.3) is 5.91 Å². The Balaban J connectivity index is 2.31. The summed E-state index contributed by atoms with van der Waals surface area (Å²) in [6.45, 7) is 8.85. The molecular weight excluding hydrogens is 314 g/mol. The first-order valence-corrected chi connectivity index (χ1v) is 8.46. The van der Waals surface area contributed by atoms with Crippen LogP contribution in [0.2, 0.25) is 0 Å². The number of rotatable bonds is 4. The topological polar surface area (TPSA) is 29.5 Å². The second kappa shape index (κ2) is 6.84. The smallest absolute Gasteiger partial charge is 0.266 e. The van der Waals surface area contributed by atoms with Crippen LogP contribution in [0.15, 0.2) is 17.0 Å². The molecule has 0 bridgehead atoms. The SMILES string of the molecule is COc1c(C)cc(/C=C2\SC(=S)N(CC(C)C)C2=O)cc1C. The summed E-state index contributed by atoms with van der Waals surface area (Å²) in [5, 5.41) is 0. The Bertz CT molecular complexity index is 627. The zero-order valence-electron chi connectivity index (χ0n) is 13.6. The Hall–Kier alpha value is -1.33. The van der Waals surface area contributed by atoms with E-state index in [1.54, 1.807) is 12.0 Å². The molecule has 1 amide bonds. The quantitative estimate of drug-likeness (QED) is 0.610. The third-order valence-electron chi connectivity index (χ3n) is 3.41. The number of aryl methyl sites for hydroxylation is 2. The van der Waals surface area contributed by atoms with Gasteiger partial charge in [0, 0.05) is 6.54 Å². The minimum absolute atomic E-state index is 0.00910. The molecule has 0 N–H and O–H groups in total. The van der Waals surface area contributed by atoms with Crippen molar-refractivity contribution in [1.82, 2.24) is 4.90 Å². The van der Waals surface area contributed by atoms with E-state index in [2.05, 4.69) is 13.8 Å². The van der Waals surface area contributed by atoms with Gasteiger partial charge in [-0.05, 0) is 54.7 Å². The lowest BCUT2D eigenvalue weighted by molar-refractivity contribution is -0.122. The fourth-order valence-electron chi connectivity index (χ4n) is 2.56. The summed E-state index contributed by atoms with van der Waals surface area (Å²) in [6, 6.07) is 4.06. The molecule has 118 valence electrons. The van der Waals surface area contributed by atoms with Gasteiger partial charge in [-0.2, -0.15) is 0 Å². The first kappa shape index (κ1) is 17.0. The maximum Gasteiger partial charge on any atom is 0.266 e. The van der Waals surface area contributed by atoms with Crippen LogP contribution in [-0.4, -0.2) is 28.8 Å². The number of thiocarbonyl (C=S) groups is 1. The number of carbonyl (C=O) groups excluding carboxylic acids is 1. The van der Waals surface area contributed by atoms with Gasteiger partial charge in [0.2, 0.25) is 0 Å². The average molecular weight is 335 g/mol. The lowest BCUT2D eigenvalue weighted by Gasteiger charge is -2.16. The summed E-state index contributed by atoms with van der Waals surface area (Å²) < 4.78 is 6.02. The molecule has 1 saturated heterocycles. The summed E-state index contributed by atoms with van der Waals surface area (Å²) >= 11 is 6.71. The number of thioether (sulfide) groups is 1. The van der Waals surface area contributed by atoms with Gasteiger partial charge in [0.15, 0.2) is 0 Å². The van der Waals surface area contributed by atoms with Crippen LogP contribution in [-0.2, 0) is 4.79 Å². The van der Waals surface area contributed by atoms with Crippen LogP contribution in [0.25, 0.3) is 6.08 Å². The number of benzene rings is 1. The van der Waals surface area contributed by atoms with E-state index in [-0.39, 0.29) is 5.91 Å². The third-order valence-corrected chi connectivity index (χ3v) is 4.78. The van der Waals surface area contributed by atoms with E-state index in [0.717, 1.165) is 22.4 Å². The van der Waals surface area contributed by atoms with Crippen LogP contribution in [0.5, 0.6) is 5.75 Å². The van der Waals surface area contributed by atoms with Gasteiger partial charge < -0.3 is 4.74 Å². The normalized spacial score (nSPS) is 17.0. The Morgan fingerprint density at radius 2 is 1.91 bits per heavy atom. The number of carbonyl (C=O) groups is 1. The number of hydrogen-bond donors (Lipinski definition) is 0. The molecule has 1 aromatic carbocycles. The van der Waals surface area contributed by atoms with Crippen molar-refractivity contribution in [2.45, 2.75) is 27.7 Å². The molecule has 1 aromatic rings. The van der Waals surface area contributed by atoms with Crippen LogP contribution >= 0.6 is 24.0 Å². The van der Waals surface area contributed by atoms with Gasteiger partial charge in [0.1, 0.15) is 10.1 Å². The monoisotopic (exact) mass is 335 g/mol. The Morgan fingerprint density at radius 1 is 1.32 bits per heavy atom. The van der Waals surface area contributed by atoms with Crippen molar-refractivity contribution in [3.63, 3.8) is 0 Å². The predicted molar refractivity (Wildman–Crippen MR) is 97.2 cm³/mol. The van der Waals surface area contributed by atoms with Gasteiger partial charge in [-0.15, -0.1) is 0 Å². The van der Waals surface area contributed by atoms with Crippen molar-refractivity contribution < 1.29 is 9.53 Å². The van der Waals surface area contributed by atoms with Gasteiger partial charge in [-0.1, -0.05) is 37.8 Å². The first-order chi connectivity index (χ1) is 10.3. The molecule has 22 heavy (non-hydrogen) atoms. The summed E-state index contributed by atoms with van der Waals surface area (Å²) in [4.78, 5) is 14.9. The maximum absolute atomic E-state index is 12.5. The number of hydrogen-bond acceptors (Lipinski definition) is 4. The van der Waals surface area contributed by atoms with Crippen LogP contribution < -0.4 is 4.74 Å². The maximum atomic E-state index is 12.5. The molecule has 5 heteroatoms. The molecule has 0 spiro atoms. The molecule has 1 fully saturated rings. The van der Waals surface area contributed by atoms with Crippen molar-refractivity contribution >= 4 is 40.3 Å². The molecular formula is C17H21NO2S2. The third kappa shape index (κ3) is 3.52. The Labute approximate surface area is 141 Å². The molecule has 1 aliphatic heterocycles. The molecule has 1 aliphatic rings. The second-order valence-corrected chi connectivity index (χ2v) is 7.55. The zero-order chi connectivity index (χ0) is 16.4. The van der Waals surface area contributed by atoms with E-state index in [1.165, 1.54) is 11.8 Å². The standard InChI is InChI=1S/C17H21NO2S2/c1-10(2)9-18-16(19)14(22-17(18)21)8-13-6-11(3)15(20-5)12(4)7-13/h6-8,10H,9H2,1-5H3/b14-8-.